The number of H-pyrrole nitrogens is 1. The Kier molecular flexibility index (Phi) is 10.7. The van der Waals surface area contributed by atoms with Crippen LogP contribution in [-0.4, -0.2) is 59.9 Å². The summed E-state index contributed by atoms with van der Waals surface area (Å²) in [5, 5.41) is 0. The van der Waals surface area contributed by atoms with Crippen LogP contribution in [0.4, 0.5) is 5.95 Å². The van der Waals surface area contributed by atoms with Crippen LogP contribution in [0.2, 0.25) is 0 Å². The van der Waals surface area contributed by atoms with Gasteiger partial charge >= 0.3 is 7.60 Å². The number of nitrogens with zero attached hydrogens (tertiary/aromatic N) is 3. The highest BCUT2D eigenvalue weighted by Crippen LogP contribution is 2.49. The van der Waals surface area contributed by atoms with Gasteiger partial charge in [-0.2, -0.15) is 4.98 Å². The van der Waals surface area contributed by atoms with Gasteiger partial charge in [0.05, 0.1) is 43.8 Å². The van der Waals surface area contributed by atoms with E-state index in [1.807, 2.05) is 37.3 Å². The number of aromatic amines is 1. The van der Waals surface area contributed by atoms with Gasteiger partial charge < -0.3 is 28.8 Å². The predicted octanol–water partition coefficient (Wildman–Crippen LogP) is 3.50. The minimum absolute atomic E-state index is 0.00905. The Morgan fingerprint density at radius 2 is 1.76 bits per heavy atom. The quantitative estimate of drug-likeness (QED) is 0.139. The topological polar surface area (TPSA) is 178 Å². The summed E-state index contributed by atoms with van der Waals surface area (Å²) in [4.78, 5) is 22.8. The van der Waals surface area contributed by atoms with Gasteiger partial charge in [0.2, 0.25) is 5.95 Å². The van der Waals surface area contributed by atoms with E-state index in [1.165, 1.54) is 18.5 Å². The lowest BCUT2D eigenvalue weighted by molar-refractivity contribution is 0.000172. The summed E-state index contributed by atoms with van der Waals surface area (Å²) >= 11 is 0. The smallest absolute Gasteiger partial charge is 0.356 e. The van der Waals surface area contributed by atoms with Crippen molar-refractivity contribution in [3.05, 3.63) is 82.4 Å². The zero-order chi connectivity index (χ0) is 30.2. The molecule has 4 aromatic rings. The van der Waals surface area contributed by atoms with E-state index >= 15 is 0 Å². The highest BCUT2D eigenvalue weighted by molar-refractivity contribution is 7.90. The molecule has 2 aromatic heterocycles. The Morgan fingerprint density at radius 1 is 1.05 bits per heavy atom. The number of hydrogen-bond acceptors (Lipinski definition) is 11. The van der Waals surface area contributed by atoms with Crippen molar-refractivity contribution in [2.24, 2.45) is 0 Å². The van der Waals surface area contributed by atoms with Gasteiger partial charge in [0, 0.05) is 12.8 Å². The molecule has 3 N–H and O–H groups in total. The highest BCUT2D eigenvalue weighted by Gasteiger charge is 2.27. The molecule has 13 nitrogen and oxygen atoms in total. The second-order valence-electron chi connectivity index (χ2n) is 9.52. The highest BCUT2D eigenvalue weighted by atomic mass is 32.2. The van der Waals surface area contributed by atoms with E-state index in [9.17, 15) is 17.8 Å². The maximum absolute atomic E-state index is 13.8. The molecule has 0 amide bonds. The van der Waals surface area contributed by atoms with Crippen molar-refractivity contribution in [3.63, 3.8) is 0 Å². The lowest BCUT2D eigenvalue weighted by Gasteiger charge is -2.22. The molecule has 0 aliphatic rings. The molecule has 0 aliphatic carbocycles. The van der Waals surface area contributed by atoms with Gasteiger partial charge in [0.15, 0.2) is 21.0 Å². The standard InChI is InChI=1S/C27H34N5O8PS/c1-3-22(38-15-20-7-5-4-6-8-20)17-40-41(34,39-16-21-9-11-23(12-10-21)42(2,35)36)19-37-14-13-32-18-29-24-25(32)30-27(28)31-26(24)33/h4-12,18,22H,3,13-17,19H2,1-2H3,(H3,28,30,31,33). The van der Waals surface area contributed by atoms with Gasteiger partial charge in [-0.15, -0.1) is 0 Å². The molecule has 2 heterocycles. The Hall–Kier alpha value is -3.39. The third-order valence-electron chi connectivity index (χ3n) is 6.24. The monoisotopic (exact) mass is 619 g/mol. The molecule has 2 unspecified atom stereocenters. The van der Waals surface area contributed by atoms with Crippen LogP contribution in [0.25, 0.3) is 11.2 Å². The fourth-order valence-electron chi connectivity index (χ4n) is 3.86. The third kappa shape index (κ3) is 8.81. The molecule has 15 heteroatoms. The summed E-state index contributed by atoms with van der Waals surface area (Å²) in [6, 6.07) is 15.8. The summed E-state index contributed by atoms with van der Waals surface area (Å²) in [5.74, 6) is -0.0361. The van der Waals surface area contributed by atoms with Crippen molar-refractivity contribution >= 4 is 34.5 Å². The minimum atomic E-state index is -3.80. The average molecular weight is 620 g/mol. The molecule has 2 atom stereocenters. The Balaban J connectivity index is 1.39. The minimum Gasteiger partial charge on any atom is -0.371 e. The van der Waals surface area contributed by atoms with Crippen LogP contribution in [0, 0.1) is 0 Å². The molecular weight excluding hydrogens is 585 g/mol. The molecule has 2 aromatic carbocycles. The number of rotatable bonds is 16. The summed E-state index contributed by atoms with van der Waals surface area (Å²) < 4.78 is 62.1. The largest absolute Gasteiger partial charge is 0.371 e. The molecule has 0 spiro atoms. The Labute approximate surface area is 243 Å². The second-order valence-corrected chi connectivity index (χ2v) is 13.5. The summed E-state index contributed by atoms with van der Waals surface area (Å²) in [5.41, 5.74) is 7.25. The molecule has 42 heavy (non-hydrogen) atoms. The molecule has 0 saturated heterocycles. The summed E-state index contributed by atoms with van der Waals surface area (Å²) in [6.45, 7) is 2.56. The average Bonchev–Trinajstić information content (AvgIpc) is 3.38. The van der Waals surface area contributed by atoms with Crippen LogP contribution in [0.15, 0.2) is 70.6 Å². The number of anilines is 1. The van der Waals surface area contributed by atoms with Gasteiger partial charge in [-0.1, -0.05) is 49.4 Å². The van der Waals surface area contributed by atoms with E-state index in [-0.39, 0.29) is 55.2 Å². The van der Waals surface area contributed by atoms with Gasteiger partial charge in [0.1, 0.15) is 6.35 Å². The van der Waals surface area contributed by atoms with E-state index in [4.69, 9.17) is 24.3 Å². The third-order valence-corrected chi connectivity index (χ3v) is 8.93. The molecule has 0 aliphatic heterocycles. The van der Waals surface area contributed by atoms with Crippen molar-refractivity contribution < 1.29 is 31.5 Å². The fraction of sp³-hybridized carbons (Fsp3) is 0.370. The predicted molar refractivity (Wildman–Crippen MR) is 157 cm³/mol. The number of sulfone groups is 1. The maximum Gasteiger partial charge on any atom is 0.356 e. The van der Waals surface area contributed by atoms with Gasteiger partial charge in [-0.25, -0.2) is 13.4 Å². The van der Waals surface area contributed by atoms with E-state index in [0.717, 1.165) is 11.8 Å². The van der Waals surface area contributed by atoms with E-state index in [1.54, 1.807) is 16.7 Å². The van der Waals surface area contributed by atoms with Gasteiger partial charge in [-0.3, -0.25) is 14.3 Å². The Morgan fingerprint density at radius 3 is 2.45 bits per heavy atom. The van der Waals surface area contributed by atoms with Crippen molar-refractivity contribution in [2.45, 2.75) is 44.1 Å². The zero-order valence-corrected chi connectivity index (χ0v) is 25.1. The number of aromatic nitrogens is 4. The zero-order valence-electron chi connectivity index (χ0n) is 23.3. The number of nitrogen functional groups attached to an aromatic ring is 1. The lowest BCUT2D eigenvalue weighted by Crippen LogP contribution is -2.20. The van der Waals surface area contributed by atoms with Crippen LogP contribution >= 0.6 is 7.60 Å². The van der Waals surface area contributed by atoms with Crippen molar-refractivity contribution in [2.75, 3.05) is 31.6 Å². The van der Waals surface area contributed by atoms with E-state index in [2.05, 4.69) is 15.0 Å². The number of imidazole rings is 1. The first-order valence-electron chi connectivity index (χ1n) is 13.2. The summed E-state index contributed by atoms with van der Waals surface area (Å²) in [7, 11) is -7.15. The normalized spacial score (nSPS) is 14.1. The molecule has 0 saturated carbocycles. The molecular formula is C27H34N5O8PS. The first-order valence-corrected chi connectivity index (χ1v) is 16.8. The number of fused-ring (bicyclic) bond motifs is 1. The fourth-order valence-corrected chi connectivity index (χ4v) is 5.81. The summed E-state index contributed by atoms with van der Waals surface area (Å²) in [6.07, 6.45) is 2.48. The lowest BCUT2D eigenvalue weighted by atomic mass is 10.2. The molecule has 0 bridgehead atoms. The van der Waals surface area contributed by atoms with Crippen molar-refractivity contribution in [1.29, 1.82) is 0 Å². The number of nitrogens with two attached hydrogens (primary N) is 1. The SMILES string of the molecule is CCC(COP(=O)(COCCn1cnc2c(=O)[nH]c(N)nc21)OCc1ccc(S(C)(=O)=O)cc1)OCc1ccccc1. The number of ether oxygens (including phenoxy) is 2. The van der Waals surface area contributed by atoms with E-state index in [0.29, 0.717) is 24.2 Å². The number of benzene rings is 2. The van der Waals surface area contributed by atoms with E-state index < -0.39 is 23.0 Å². The van der Waals surface area contributed by atoms with Crippen LogP contribution in [-0.2, 0) is 52.7 Å². The number of hydrogen-bond donors (Lipinski definition) is 2. The molecule has 0 fully saturated rings. The molecule has 226 valence electrons. The van der Waals surface area contributed by atoms with Gasteiger partial charge in [-0.05, 0) is 29.7 Å². The van der Waals surface area contributed by atoms with Crippen LogP contribution in [0.5, 0.6) is 0 Å². The first-order chi connectivity index (χ1) is 20.1. The van der Waals surface area contributed by atoms with Crippen LogP contribution < -0.4 is 11.3 Å². The van der Waals surface area contributed by atoms with Crippen molar-refractivity contribution in [3.8, 4) is 0 Å². The van der Waals surface area contributed by atoms with Crippen LogP contribution in [0.1, 0.15) is 24.5 Å². The van der Waals surface area contributed by atoms with Crippen molar-refractivity contribution in [1.82, 2.24) is 19.5 Å². The Bertz CT molecular complexity index is 1680. The second kappa shape index (κ2) is 14.2. The van der Waals surface area contributed by atoms with Gasteiger partial charge in [0.25, 0.3) is 5.56 Å². The van der Waals surface area contributed by atoms with Crippen LogP contribution in [0.3, 0.4) is 0 Å². The molecule has 4 rings (SSSR count). The number of nitrogens with one attached hydrogen (secondary N) is 1. The maximum atomic E-state index is 13.8. The molecule has 0 radical (unpaired) electrons. The first kappa shape index (κ1) is 31.5.